The molecule has 3 atom stereocenters. The Kier molecular flexibility index (Phi) is 5.34. The second kappa shape index (κ2) is 7.69. The maximum absolute atomic E-state index is 13.1. The van der Waals surface area contributed by atoms with Gasteiger partial charge in [-0.1, -0.05) is 36.4 Å². The van der Waals surface area contributed by atoms with Gasteiger partial charge in [-0.15, -0.1) is 0 Å². The van der Waals surface area contributed by atoms with Crippen molar-refractivity contribution in [2.75, 3.05) is 13.7 Å². The molecule has 30 heavy (non-hydrogen) atoms. The lowest BCUT2D eigenvalue weighted by Gasteiger charge is -2.32. The number of hydroxylamine groups is 2. The van der Waals surface area contributed by atoms with E-state index < -0.39 is 23.3 Å². The minimum atomic E-state index is -2.06. The Hall–Kier alpha value is -2.41. The zero-order valence-electron chi connectivity index (χ0n) is 17.9. The lowest BCUT2D eigenvalue weighted by molar-refractivity contribution is -0.295. The second-order valence-corrected chi connectivity index (χ2v) is 8.99. The Morgan fingerprint density at radius 1 is 1.23 bits per heavy atom. The SMILES string of the molecule is COc1ccc2c(c1)CCN1O[C@@](O)(C(=O)OC(C)(C)C)[C@H](Cc3ccccc3)[C@@H]21. The summed E-state index contributed by atoms with van der Waals surface area (Å²) in [5.74, 6) is -2.54. The highest BCUT2D eigenvalue weighted by atomic mass is 16.8. The maximum Gasteiger partial charge on any atom is 0.369 e. The number of fused-ring (bicyclic) bond motifs is 3. The number of carbonyl (C=O) groups excluding carboxylic acids is 1. The van der Waals surface area contributed by atoms with Crippen LogP contribution in [0.5, 0.6) is 5.75 Å². The van der Waals surface area contributed by atoms with Gasteiger partial charge < -0.3 is 14.6 Å². The van der Waals surface area contributed by atoms with E-state index in [0.717, 1.165) is 28.9 Å². The van der Waals surface area contributed by atoms with Crippen molar-refractivity contribution in [1.82, 2.24) is 5.06 Å². The first-order valence-corrected chi connectivity index (χ1v) is 10.3. The zero-order valence-corrected chi connectivity index (χ0v) is 17.9. The lowest BCUT2D eigenvalue weighted by atomic mass is 9.79. The summed E-state index contributed by atoms with van der Waals surface area (Å²) in [6.45, 7) is 5.92. The van der Waals surface area contributed by atoms with E-state index in [4.69, 9.17) is 14.3 Å². The molecule has 0 aliphatic carbocycles. The normalized spacial score (nSPS) is 26.0. The van der Waals surface area contributed by atoms with Gasteiger partial charge >= 0.3 is 5.97 Å². The fourth-order valence-corrected chi connectivity index (χ4v) is 4.38. The van der Waals surface area contributed by atoms with Gasteiger partial charge in [-0.25, -0.2) is 4.79 Å². The molecule has 1 saturated heterocycles. The second-order valence-electron chi connectivity index (χ2n) is 8.99. The highest BCUT2D eigenvalue weighted by Crippen LogP contribution is 2.50. The van der Waals surface area contributed by atoms with Gasteiger partial charge in [0, 0.05) is 6.54 Å². The van der Waals surface area contributed by atoms with Crippen molar-refractivity contribution in [2.24, 2.45) is 5.92 Å². The van der Waals surface area contributed by atoms with Crippen molar-refractivity contribution < 1.29 is 24.2 Å². The number of carbonyl (C=O) groups is 1. The van der Waals surface area contributed by atoms with Crippen LogP contribution < -0.4 is 4.74 Å². The van der Waals surface area contributed by atoms with E-state index in [0.29, 0.717) is 13.0 Å². The summed E-state index contributed by atoms with van der Waals surface area (Å²) in [7, 11) is 1.65. The number of aliphatic hydroxyl groups is 1. The summed E-state index contributed by atoms with van der Waals surface area (Å²) in [6, 6.07) is 15.5. The van der Waals surface area contributed by atoms with Crippen LogP contribution in [-0.4, -0.2) is 41.2 Å². The Bertz CT molecular complexity index is 923. The number of hydrogen-bond donors (Lipinski definition) is 1. The molecular weight excluding hydrogens is 382 g/mol. The number of hydrogen-bond acceptors (Lipinski definition) is 6. The molecule has 2 aromatic carbocycles. The Morgan fingerprint density at radius 3 is 2.63 bits per heavy atom. The van der Waals surface area contributed by atoms with Crippen LogP contribution in [-0.2, 0) is 27.2 Å². The molecule has 2 aliphatic rings. The maximum atomic E-state index is 13.1. The van der Waals surface area contributed by atoms with Crippen LogP contribution in [0.4, 0.5) is 0 Å². The number of esters is 1. The molecule has 4 rings (SSSR count). The van der Waals surface area contributed by atoms with Gasteiger partial charge in [0.05, 0.1) is 19.1 Å². The Morgan fingerprint density at radius 2 is 1.97 bits per heavy atom. The van der Waals surface area contributed by atoms with Crippen molar-refractivity contribution >= 4 is 5.97 Å². The van der Waals surface area contributed by atoms with Crippen molar-refractivity contribution in [3.05, 3.63) is 65.2 Å². The summed E-state index contributed by atoms with van der Waals surface area (Å²) in [5.41, 5.74) is 2.48. The van der Waals surface area contributed by atoms with Gasteiger partial charge in [-0.3, -0.25) is 4.84 Å². The molecule has 2 heterocycles. The lowest BCUT2D eigenvalue weighted by Crippen LogP contribution is -2.49. The molecule has 0 radical (unpaired) electrons. The summed E-state index contributed by atoms with van der Waals surface area (Å²) < 4.78 is 10.9. The summed E-state index contributed by atoms with van der Waals surface area (Å²) in [4.78, 5) is 19.0. The van der Waals surface area contributed by atoms with Gasteiger partial charge in [0.2, 0.25) is 0 Å². The Labute approximate surface area is 177 Å². The zero-order chi connectivity index (χ0) is 21.5. The molecule has 0 amide bonds. The first-order valence-electron chi connectivity index (χ1n) is 10.3. The number of ether oxygens (including phenoxy) is 2. The first kappa shape index (κ1) is 20.8. The molecular formula is C24H29NO5. The van der Waals surface area contributed by atoms with Crippen LogP contribution in [0.15, 0.2) is 48.5 Å². The van der Waals surface area contributed by atoms with Gasteiger partial charge in [0.25, 0.3) is 5.79 Å². The topological polar surface area (TPSA) is 68.2 Å². The fraction of sp³-hybridized carbons (Fsp3) is 0.458. The van der Waals surface area contributed by atoms with E-state index in [1.807, 2.05) is 48.5 Å². The highest BCUT2D eigenvalue weighted by molar-refractivity contribution is 5.79. The molecule has 0 aromatic heterocycles. The monoisotopic (exact) mass is 411 g/mol. The standard InChI is InChI=1S/C24H29NO5/c1-23(2,3)29-22(26)24(27)20(14-16-8-6-5-7-9-16)21-19-11-10-18(28-4)15-17(19)12-13-25(21)30-24/h5-11,15,20-21,27H,12-14H2,1-4H3/t20-,21-,24-/m1/s1. The van der Waals surface area contributed by atoms with E-state index in [1.54, 1.807) is 32.9 Å². The minimum absolute atomic E-state index is 0.266. The van der Waals surface area contributed by atoms with Gasteiger partial charge in [-0.2, -0.15) is 5.06 Å². The number of rotatable bonds is 4. The molecule has 1 N–H and O–H groups in total. The quantitative estimate of drug-likeness (QED) is 0.778. The summed E-state index contributed by atoms with van der Waals surface area (Å²) in [5, 5.41) is 13.3. The third-order valence-electron chi connectivity index (χ3n) is 5.71. The molecule has 0 bridgehead atoms. The summed E-state index contributed by atoms with van der Waals surface area (Å²) in [6.07, 6.45) is 1.22. The van der Waals surface area contributed by atoms with Crippen molar-refractivity contribution in [3.63, 3.8) is 0 Å². The molecule has 0 unspecified atom stereocenters. The smallest absolute Gasteiger partial charge is 0.369 e. The molecule has 0 saturated carbocycles. The largest absolute Gasteiger partial charge is 0.497 e. The van der Waals surface area contributed by atoms with Crippen LogP contribution in [0.1, 0.15) is 43.5 Å². The Balaban J connectivity index is 1.76. The third kappa shape index (κ3) is 3.83. The van der Waals surface area contributed by atoms with E-state index in [1.165, 1.54) is 0 Å². The molecule has 2 aromatic rings. The van der Waals surface area contributed by atoms with Crippen LogP contribution in [0.3, 0.4) is 0 Å². The third-order valence-corrected chi connectivity index (χ3v) is 5.71. The molecule has 6 heteroatoms. The number of benzene rings is 2. The average Bonchev–Trinajstić information content (AvgIpc) is 3.00. The van der Waals surface area contributed by atoms with Crippen molar-refractivity contribution in [1.29, 1.82) is 0 Å². The molecule has 0 spiro atoms. The summed E-state index contributed by atoms with van der Waals surface area (Å²) >= 11 is 0. The van der Waals surface area contributed by atoms with Crippen LogP contribution >= 0.6 is 0 Å². The molecule has 2 aliphatic heterocycles. The van der Waals surface area contributed by atoms with Crippen LogP contribution in [0, 0.1) is 5.92 Å². The van der Waals surface area contributed by atoms with Crippen LogP contribution in [0.25, 0.3) is 0 Å². The van der Waals surface area contributed by atoms with Crippen molar-refractivity contribution in [3.8, 4) is 5.75 Å². The van der Waals surface area contributed by atoms with Crippen LogP contribution in [0.2, 0.25) is 0 Å². The van der Waals surface area contributed by atoms with E-state index in [-0.39, 0.29) is 6.04 Å². The van der Waals surface area contributed by atoms with Gasteiger partial charge in [0.15, 0.2) is 0 Å². The molecule has 1 fully saturated rings. The van der Waals surface area contributed by atoms with E-state index in [2.05, 4.69) is 0 Å². The van der Waals surface area contributed by atoms with E-state index >= 15 is 0 Å². The van der Waals surface area contributed by atoms with Gasteiger partial charge in [0.1, 0.15) is 11.4 Å². The molecule has 160 valence electrons. The number of nitrogens with zero attached hydrogens (tertiary/aromatic N) is 1. The fourth-order valence-electron chi connectivity index (χ4n) is 4.38. The average molecular weight is 411 g/mol. The predicted octanol–water partition coefficient (Wildman–Crippen LogP) is 3.43. The minimum Gasteiger partial charge on any atom is -0.497 e. The van der Waals surface area contributed by atoms with E-state index in [9.17, 15) is 9.90 Å². The predicted molar refractivity (Wildman–Crippen MR) is 112 cm³/mol. The highest BCUT2D eigenvalue weighted by Gasteiger charge is 2.61. The first-order chi connectivity index (χ1) is 14.2. The van der Waals surface area contributed by atoms with Gasteiger partial charge in [-0.05, 0) is 62.4 Å². The van der Waals surface area contributed by atoms with Crippen molar-refractivity contribution in [2.45, 2.75) is 51.0 Å². The number of methoxy groups -OCH3 is 1. The molecule has 6 nitrogen and oxygen atoms in total.